The first kappa shape index (κ1) is 18.2. The summed E-state index contributed by atoms with van der Waals surface area (Å²) in [6.07, 6.45) is 1.03. The van der Waals surface area contributed by atoms with Crippen molar-refractivity contribution in [3.8, 4) is 0 Å². The Balaban J connectivity index is 0.00000289. The average molecular weight is 319 g/mol. The second-order valence-corrected chi connectivity index (χ2v) is 6.92. The Morgan fingerprint density at radius 3 is 1.78 bits per heavy atom. The van der Waals surface area contributed by atoms with Crippen molar-refractivity contribution < 1.29 is 32.7 Å². The summed E-state index contributed by atoms with van der Waals surface area (Å²) in [5.41, 5.74) is 2.98. The van der Waals surface area contributed by atoms with Gasteiger partial charge in [-0.2, -0.15) is 41.4 Å². The van der Waals surface area contributed by atoms with Crippen molar-refractivity contribution in [3.63, 3.8) is 0 Å². The van der Waals surface area contributed by atoms with Crippen molar-refractivity contribution in [1.82, 2.24) is 0 Å². The summed E-state index contributed by atoms with van der Waals surface area (Å²) < 4.78 is 0. The first-order valence-corrected chi connectivity index (χ1v) is 6.39. The van der Waals surface area contributed by atoms with Gasteiger partial charge in [0.1, 0.15) is 0 Å². The normalized spacial score (nSPS) is 12.4. The van der Waals surface area contributed by atoms with Crippen LogP contribution in [0.15, 0.2) is 24.3 Å². The minimum Gasteiger partial charge on any atom is -0.310 e. The van der Waals surface area contributed by atoms with E-state index in [-0.39, 0.29) is 43.5 Å². The van der Waals surface area contributed by atoms with Crippen molar-refractivity contribution in [1.29, 1.82) is 0 Å². The SMILES string of the molecule is [CH2-]c1ccccc1C[C-](C(C)(C)C)C(C)(C)C.[Y]. The van der Waals surface area contributed by atoms with Gasteiger partial charge >= 0.3 is 0 Å². The molecule has 0 saturated heterocycles. The van der Waals surface area contributed by atoms with E-state index < -0.39 is 0 Å². The summed E-state index contributed by atoms with van der Waals surface area (Å²) in [5, 5.41) is 0. The van der Waals surface area contributed by atoms with Crippen LogP contribution in [-0.4, -0.2) is 0 Å². The predicted octanol–water partition coefficient (Wildman–Crippen LogP) is 5.08. The molecule has 0 atom stereocenters. The summed E-state index contributed by atoms with van der Waals surface area (Å²) in [7, 11) is 0. The van der Waals surface area contributed by atoms with Gasteiger partial charge < -0.3 is 5.92 Å². The van der Waals surface area contributed by atoms with Crippen LogP contribution in [-0.2, 0) is 39.1 Å². The molecule has 0 N–H and O–H groups in total. The van der Waals surface area contributed by atoms with Gasteiger partial charge in [-0.3, -0.25) is 0 Å². The van der Waals surface area contributed by atoms with Crippen LogP contribution in [0.3, 0.4) is 0 Å². The zero-order valence-corrected chi connectivity index (χ0v) is 15.6. The molecule has 1 aromatic rings. The molecule has 0 fully saturated rings. The van der Waals surface area contributed by atoms with Gasteiger partial charge in [-0.05, 0) is 0 Å². The number of benzene rings is 1. The molecule has 0 saturated carbocycles. The fourth-order valence-corrected chi connectivity index (χ4v) is 2.58. The van der Waals surface area contributed by atoms with Gasteiger partial charge in [-0.15, -0.1) is 12.1 Å². The van der Waals surface area contributed by atoms with Gasteiger partial charge in [0.15, 0.2) is 0 Å². The largest absolute Gasteiger partial charge is 0.310 e. The van der Waals surface area contributed by atoms with Gasteiger partial charge in [0.05, 0.1) is 0 Å². The fraction of sp³-hybridized carbons (Fsp3) is 0.529. The Morgan fingerprint density at radius 2 is 1.39 bits per heavy atom. The molecule has 1 heteroatoms. The minimum atomic E-state index is 0. The quantitative estimate of drug-likeness (QED) is 0.667. The molecule has 99 valence electrons. The Kier molecular flexibility index (Phi) is 6.64. The number of hydrogen-bond acceptors (Lipinski definition) is 0. The molecule has 0 bridgehead atoms. The molecule has 0 aromatic heterocycles. The molecular weight excluding hydrogens is 293 g/mol. The van der Waals surface area contributed by atoms with Gasteiger partial charge in [-0.25, -0.2) is 0 Å². The molecule has 0 aliphatic rings. The third kappa shape index (κ3) is 5.06. The van der Waals surface area contributed by atoms with E-state index in [1.807, 2.05) is 0 Å². The van der Waals surface area contributed by atoms with Gasteiger partial charge in [-0.1, -0.05) is 47.6 Å². The van der Waals surface area contributed by atoms with Crippen molar-refractivity contribution in [2.24, 2.45) is 10.8 Å². The maximum atomic E-state index is 4.12. The summed E-state index contributed by atoms with van der Waals surface area (Å²) in [6, 6.07) is 8.45. The molecule has 18 heavy (non-hydrogen) atoms. The predicted molar refractivity (Wildman–Crippen MR) is 76.8 cm³/mol. The second-order valence-electron chi connectivity index (χ2n) is 6.92. The van der Waals surface area contributed by atoms with Crippen LogP contribution in [0.2, 0.25) is 0 Å². The van der Waals surface area contributed by atoms with E-state index >= 15 is 0 Å². The molecule has 0 unspecified atom stereocenters. The molecule has 1 radical (unpaired) electrons. The molecule has 0 aliphatic carbocycles. The van der Waals surface area contributed by atoms with Crippen LogP contribution >= 0.6 is 0 Å². The third-order valence-electron chi connectivity index (χ3n) is 3.30. The van der Waals surface area contributed by atoms with Gasteiger partial charge in [0.2, 0.25) is 0 Å². The van der Waals surface area contributed by atoms with E-state index in [1.54, 1.807) is 5.92 Å². The maximum Gasteiger partial charge on any atom is 0 e. The average Bonchev–Trinajstić information content (AvgIpc) is 2.12. The van der Waals surface area contributed by atoms with Crippen LogP contribution in [0, 0.1) is 23.7 Å². The van der Waals surface area contributed by atoms with E-state index in [0.717, 1.165) is 12.0 Å². The second kappa shape index (κ2) is 6.57. The van der Waals surface area contributed by atoms with Gasteiger partial charge in [0, 0.05) is 32.7 Å². The smallest absolute Gasteiger partial charge is 0 e. The van der Waals surface area contributed by atoms with E-state index in [9.17, 15) is 0 Å². The van der Waals surface area contributed by atoms with Crippen LogP contribution < -0.4 is 0 Å². The Bertz CT molecular complexity index is 352. The van der Waals surface area contributed by atoms with E-state index in [0.29, 0.717) is 0 Å². The fourth-order valence-electron chi connectivity index (χ4n) is 2.58. The molecule has 0 nitrogen and oxygen atoms in total. The summed E-state index contributed by atoms with van der Waals surface area (Å²) in [4.78, 5) is 0. The first-order chi connectivity index (χ1) is 7.62. The van der Waals surface area contributed by atoms with Crippen molar-refractivity contribution in [3.05, 3.63) is 48.2 Å². The van der Waals surface area contributed by atoms with Crippen LogP contribution in [0.25, 0.3) is 0 Å². The monoisotopic (exact) mass is 319 g/mol. The van der Waals surface area contributed by atoms with Crippen molar-refractivity contribution >= 4 is 0 Å². The molecule has 0 heterocycles. The van der Waals surface area contributed by atoms with Crippen LogP contribution in [0.5, 0.6) is 0 Å². The zero-order chi connectivity index (χ0) is 13.3. The Hall–Kier alpha value is 0.194. The number of rotatable bonds is 2. The van der Waals surface area contributed by atoms with E-state index in [1.165, 1.54) is 5.56 Å². The Labute approximate surface area is 139 Å². The zero-order valence-electron chi connectivity index (χ0n) is 12.8. The summed E-state index contributed by atoms with van der Waals surface area (Å²) in [5.74, 6) is 1.58. The maximum absolute atomic E-state index is 4.12. The third-order valence-corrected chi connectivity index (χ3v) is 3.30. The molecule has 0 aliphatic heterocycles. The van der Waals surface area contributed by atoms with E-state index in [2.05, 4.69) is 72.7 Å². The standard InChI is InChI=1S/C17H26.Y/c1-13-10-8-9-11-14(13)12-15(16(2,3)4)17(5,6)7;/h8-11H,1,12H2,2-7H3;/q-2;. The minimum absolute atomic E-state index is 0. The molecular formula is C17H26Y-2. The Morgan fingerprint density at radius 1 is 0.944 bits per heavy atom. The molecule has 1 rings (SSSR count). The van der Waals surface area contributed by atoms with Gasteiger partial charge in [0.25, 0.3) is 0 Å². The first-order valence-electron chi connectivity index (χ1n) is 6.39. The molecule has 0 spiro atoms. The van der Waals surface area contributed by atoms with Crippen LogP contribution in [0.1, 0.15) is 52.7 Å². The molecule has 0 amide bonds. The van der Waals surface area contributed by atoms with Crippen molar-refractivity contribution in [2.75, 3.05) is 0 Å². The van der Waals surface area contributed by atoms with E-state index in [4.69, 9.17) is 0 Å². The molecule has 1 aromatic carbocycles. The summed E-state index contributed by atoms with van der Waals surface area (Å²) in [6.45, 7) is 18.0. The summed E-state index contributed by atoms with van der Waals surface area (Å²) >= 11 is 0. The number of hydrogen-bond donors (Lipinski definition) is 0. The van der Waals surface area contributed by atoms with Crippen molar-refractivity contribution in [2.45, 2.75) is 48.0 Å². The topological polar surface area (TPSA) is 0 Å². The van der Waals surface area contributed by atoms with Crippen LogP contribution in [0.4, 0.5) is 0 Å².